The zero-order chi connectivity index (χ0) is 26.8. The third-order valence-corrected chi connectivity index (χ3v) is 7.67. The third-order valence-electron chi connectivity index (χ3n) is 7.28. The quantitative estimate of drug-likeness (QED) is 0.423. The van der Waals surface area contributed by atoms with Crippen LogP contribution in [0.4, 0.5) is 28.6 Å². The third kappa shape index (κ3) is 5.73. The van der Waals surface area contributed by atoms with Crippen molar-refractivity contribution in [1.82, 2.24) is 14.9 Å². The van der Waals surface area contributed by atoms with Crippen molar-refractivity contribution in [3.8, 4) is 5.88 Å². The first-order chi connectivity index (χ1) is 19.0. The summed E-state index contributed by atoms with van der Waals surface area (Å²) in [4.78, 5) is 26.0. The summed E-state index contributed by atoms with van der Waals surface area (Å²) in [5.74, 6) is 1.31. The number of carbonyl (C=O) groups is 1. The van der Waals surface area contributed by atoms with Crippen LogP contribution in [0, 0.1) is 6.92 Å². The Labute approximate surface area is 232 Å². The number of ether oxygens (including phenoxy) is 2. The lowest BCUT2D eigenvalue weighted by Crippen LogP contribution is -2.41. The predicted octanol–water partition coefficient (Wildman–Crippen LogP) is 3.82. The molecule has 1 aromatic carbocycles. The molecule has 2 aromatic heterocycles. The number of rotatable bonds is 6. The summed E-state index contributed by atoms with van der Waals surface area (Å²) in [5.41, 5.74) is 6.78. The van der Waals surface area contributed by atoms with Gasteiger partial charge in [-0.05, 0) is 54.3 Å². The highest BCUT2D eigenvalue weighted by Gasteiger charge is 2.24. The van der Waals surface area contributed by atoms with Crippen LogP contribution in [0.2, 0.25) is 5.02 Å². The molecule has 3 aliphatic rings. The highest BCUT2D eigenvalue weighted by atomic mass is 35.5. The van der Waals surface area contributed by atoms with Crippen LogP contribution in [0.25, 0.3) is 0 Å². The van der Waals surface area contributed by atoms with Gasteiger partial charge < -0.3 is 30.3 Å². The second-order valence-electron chi connectivity index (χ2n) is 10.0. The largest absolute Gasteiger partial charge is 0.474 e. The minimum absolute atomic E-state index is 0.0147. The minimum atomic E-state index is -0.0147. The van der Waals surface area contributed by atoms with Crippen LogP contribution < -0.4 is 25.6 Å². The Morgan fingerprint density at radius 2 is 1.97 bits per heavy atom. The second-order valence-corrected chi connectivity index (χ2v) is 10.4. The van der Waals surface area contributed by atoms with E-state index in [-0.39, 0.29) is 5.91 Å². The van der Waals surface area contributed by atoms with E-state index in [2.05, 4.69) is 41.8 Å². The molecule has 0 radical (unpaired) electrons. The number of fused-ring (bicyclic) bond motifs is 2. The summed E-state index contributed by atoms with van der Waals surface area (Å²) >= 11 is 6.75. The molecule has 0 bridgehead atoms. The van der Waals surface area contributed by atoms with E-state index in [4.69, 9.17) is 21.1 Å². The fourth-order valence-electron chi connectivity index (χ4n) is 5.16. The van der Waals surface area contributed by atoms with Gasteiger partial charge in [-0.15, -0.1) is 0 Å². The van der Waals surface area contributed by atoms with Gasteiger partial charge in [-0.25, -0.2) is 9.97 Å². The zero-order valence-corrected chi connectivity index (χ0v) is 22.7. The number of nitrogens with zero attached hydrogens (tertiary/aromatic N) is 4. The molecule has 39 heavy (non-hydrogen) atoms. The summed E-state index contributed by atoms with van der Waals surface area (Å²) in [5, 5.41) is 10.4. The summed E-state index contributed by atoms with van der Waals surface area (Å²) in [7, 11) is 0. The number of hydrogen-bond donors (Lipinski definition) is 3. The molecule has 3 aliphatic heterocycles. The summed E-state index contributed by atoms with van der Waals surface area (Å²) < 4.78 is 11.0. The van der Waals surface area contributed by atoms with E-state index in [1.807, 2.05) is 31.3 Å². The smallest absolute Gasteiger partial charge is 0.239 e. The standard InChI is InChI=1S/C28H32ClN7O3/c1-18-12-21(2-3-22(18)34-25(37)17-35-7-10-38-11-8-35)33-24-13-20-16-36(6-4-19(20)14-31-24)23-15-32-28-27(26(23)29)30-5-9-39-28/h2-3,12-15,30H,4-11,16-17H2,1H3,(H,31,33)(H,34,37). The molecule has 1 saturated heterocycles. The normalized spacial score (nSPS) is 16.9. The maximum absolute atomic E-state index is 12.5. The van der Waals surface area contributed by atoms with Crippen molar-refractivity contribution in [3.63, 3.8) is 0 Å². The van der Waals surface area contributed by atoms with Gasteiger partial charge in [0.25, 0.3) is 0 Å². The molecule has 3 aromatic rings. The van der Waals surface area contributed by atoms with Crippen LogP contribution in [-0.4, -0.2) is 73.3 Å². The number of hydrogen-bond acceptors (Lipinski definition) is 9. The van der Waals surface area contributed by atoms with E-state index in [0.29, 0.717) is 50.4 Å². The van der Waals surface area contributed by atoms with Gasteiger partial charge in [0.1, 0.15) is 18.1 Å². The fourth-order valence-corrected chi connectivity index (χ4v) is 5.48. The lowest BCUT2D eigenvalue weighted by atomic mass is 10.0. The van der Waals surface area contributed by atoms with Crippen molar-refractivity contribution < 1.29 is 14.3 Å². The van der Waals surface area contributed by atoms with Crippen LogP contribution in [0.5, 0.6) is 5.88 Å². The Kier molecular flexibility index (Phi) is 7.40. The van der Waals surface area contributed by atoms with Crippen molar-refractivity contribution in [2.24, 2.45) is 0 Å². The fraction of sp³-hybridized carbons (Fsp3) is 0.393. The molecular weight excluding hydrogens is 518 g/mol. The monoisotopic (exact) mass is 549 g/mol. The van der Waals surface area contributed by atoms with Gasteiger partial charge >= 0.3 is 0 Å². The number of nitrogens with one attached hydrogen (secondary N) is 3. The van der Waals surface area contributed by atoms with Gasteiger partial charge in [0.15, 0.2) is 0 Å². The number of pyridine rings is 2. The molecule has 0 unspecified atom stereocenters. The Morgan fingerprint density at radius 1 is 1.10 bits per heavy atom. The highest BCUT2D eigenvalue weighted by Crippen LogP contribution is 2.40. The van der Waals surface area contributed by atoms with Gasteiger partial charge in [0, 0.05) is 50.3 Å². The number of aromatic nitrogens is 2. The molecule has 1 fully saturated rings. The van der Waals surface area contributed by atoms with Crippen molar-refractivity contribution in [2.75, 3.05) is 73.4 Å². The van der Waals surface area contributed by atoms with Gasteiger partial charge in [-0.3, -0.25) is 9.69 Å². The van der Waals surface area contributed by atoms with E-state index < -0.39 is 0 Å². The average Bonchev–Trinajstić information content (AvgIpc) is 2.95. The zero-order valence-electron chi connectivity index (χ0n) is 21.9. The predicted molar refractivity (Wildman–Crippen MR) is 153 cm³/mol. The van der Waals surface area contributed by atoms with Crippen molar-refractivity contribution in [3.05, 3.63) is 58.4 Å². The summed E-state index contributed by atoms with van der Waals surface area (Å²) in [6.07, 6.45) is 4.62. The van der Waals surface area contributed by atoms with Crippen molar-refractivity contribution >= 4 is 46.1 Å². The van der Waals surface area contributed by atoms with Gasteiger partial charge in [-0.2, -0.15) is 0 Å². The maximum atomic E-state index is 12.5. The Bertz CT molecular complexity index is 1380. The molecule has 0 spiro atoms. The molecule has 10 nitrogen and oxygen atoms in total. The number of aryl methyl sites for hydroxylation is 1. The Hall–Kier alpha value is -3.60. The first kappa shape index (κ1) is 25.7. The molecule has 1 amide bonds. The van der Waals surface area contributed by atoms with Crippen LogP contribution in [-0.2, 0) is 22.5 Å². The Balaban J connectivity index is 1.12. The maximum Gasteiger partial charge on any atom is 0.239 e. The number of morpholine rings is 1. The van der Waals surface area contributed by atoms with E-state index in [0.717, 1.165) is 60.2 Å². The molecule has 3 N–H and O–H groups in total. The average molecular weight is 550 g/mol. The van der Waals surface area contributed by atoms with Gasteiger partial charge in [-0.1, -0.05) is 11.6 Å². The molecule has 0 aliphatic carbocycles. The molecule has 11 heteroatoms. The van der Waals surface area contributed by atoms with Crippen LogP contribution in [0.3, 0.4) is 0 Å². The second kappa shape index (κ2) is 11.3. The van der Waals surface area contributed by atoms with Gasteiger partial charge in [0.05, 0.1) is 36.7 Å². The SMILES string of the molecule is Cc1cc(Nc2cc3c(cn2)CCN(c2cnc4c(c2Cl)NCCO4)C3)ccc1NC(=O)CN1CCOCC1. The number of amides is 1. The molecule has 5 heterocycles. The Morgan fingerprint density at radius 3 is 2.82 bits per heavy atom. The van der Waals surface area contributed by atoms with Crippen LogP contribution >= 0.6 is 11.6 Å². The lowest BCUT2D eigenvalue weighted by Gasteiger charge is -2.32. The molecule has 204 valence electrons. The van der Waals surface area contributed by atoms with Crippen LogP contribution in [0.1, 0.15) is 16.7 Å². The first-order valence-corrected chi connectivity index (χ1v) is 13.7. The molecule has 0 saturated carbocycles. The number of anilines is 5. The van der Waals surface area contributed by atoms with E-state index in [1.54, 1.807) is 6.20 Å². The summed E-state index contributed by atoms with van der Waals surface area (Å²) in [6.45, 7) is 8.11. The first-order valence-electron chi connectivity index (χ1n) is 13.3. The minimum Gasteiger partial charge on any atom is -0.474 e. The van der Waals surface area contributed by atoms with E-state index in [1.165, 1.54) is 11.1 Å². The molecule has 6 rings (SSSR count). The van der Waals surface area contributed by atoms with Crippen molar-refractivity contribution in [1.29, 1.82) is 0 Å². The number of halogens is 1. The van der Waals surface area contributed by atoms with Gasteiger partial charge in [0.2, 0.25) is 11.8 Å². The van der Waals surface area contributed by atoms with E-state index >= 15 is 0 Å². The topological polar surface area (TPSA) is 104 Å². The summed E-state index contributed by atoms with van der Waals surface area (Å²) in [6, 6.07) is 8.00. The molecule has 0 atom stereocenters. The number of benzene rings is 1. The van der Waals surface area contributed by atoms with E-state index in [9.17, 15) is 4.79 Å². The number of carbonyl (C=O) groups excluding carboxylic acids is 1. The molecular formula is C28H32ClN7O3. The highest BCUT2D eigenvalue weighted by molar-refractivity contribution is 6.36. The van der Waals surface area contributed by atoms with Crippen LogP contribution in [0.15, 0.2) is 36.7 Å². The lowest BCUT2D eigenvalue weighted by molar-refractivity contribution is -0.118. The van der Waals surface area contributed by atoms with Crippen molar-refractivity contribution in [2.45, 2.75) is 19.9 Å².